The first-order valence-corrected chi connectivity index (χ1v) is 8.02. The average molecular weight is 403 g/mol. The van der Waals surface area contributed by atoms with Crippen LogP contribution < -0.4 is 5.73 Å². The summed E-state index contributed by atoms with van der Waals surface area (Å²) in [6.07, 6.45) is 3.69. The van der Waals surface area contributed by atoms with Crippen LogP contribution in [0.25, 0.3) is 0 Å². The Bertz CT molecular complexity index is 488. The van der Waals surface area contributed by atoms with Gasteiger partial charge in [-0.3, -0.25) is 4.99 Å². The summed E-state index contributed by atoms with van der Waals surface area (Å²) in [6, 6.07) is 9.37. The Balaban J connectivity index is 0.00000147. The van der Waals surface area contributed by atoms with Gasteiger partial charge < -0.3 is 10.6 Å². The largest absolute Gasteiger partial charge is 0.370 e. The third-order valence-electron chi connectivity index (χ3n) is 3.97. The number of nitrogens with zero attached hydrogens (tertiary/aromatic N) is 2. The fraction of sp³-hybridized carbons (Fsp3) is 0.533. The van der Waals surface area contributed by atoms with Gasteiger partial charge in [0.05, 0.1) is 6.54 Å². The first-order chi connectivity index (χ1) is 9.25. The molecule has 1 unspecified atom stereocenters. The molecule has 1 aromatic carbocycles. The molecule has 1 aliphatic heterocycles. The van der Waals surface area contributed by atoms with Crippen molar-refractivity contribution in [2.45, 2.75) is 30.6 Å². The molecule has 0 aromatic heterocycles. The number of hydrogen-bond acceptors (Lipinski definition) is 2. The molecule has 1 fully saturated rings. The molecular formula is C15H22IN3S. The van der Waals surface area contributed by atoms with E-state index in [2.05, 4.69) is 41.2 Å². The zero-order chi connectivity index (χ0) is 13.2. The van der Waals surface area contributed by atoms with E-state index in [0.717, 1.165) is 6.54 Å². The SMILES string of the molecule is CN(C(N)=NCC1SCCc2ccccc21)C1CC1.I. The second kappa shape index (κ2) is 7.02. The molecule has 1 saturated carbocycles. The van der Waals surface area contributed by atoms with E-state index in [1.165, 1.54) is 36.1 Å². The predicted octanol–water partition coefficient (Wildman–Crippen LogP) is 3.04. The second-order valence-electron chi connectivity index (χ2n) is 5.35. The molecule has 2 aliphatic rings. The lowest BCUT2D eigenvalue weighted by Gasteiger charge is -2.24. The smallest absolute Gasteiger partial charge is 0.191 e. The van der Waals surface area contributed by atoms with Crippen LogP contribution in [0.2, 0.25) is 0 Å². The molecule has 1 atom stereocenters. The average Bonchev–Trinajstić information content (AvgIpc) is 3.28. The summed E-state index contributed by atoms with van der Waals surface area (Å²) in [6.45, 7) is 0.796. The molecule has 110 valence electrons. The second-order valence-corrected chi connectivity index (χ2v) is 6.66. The van der Waals surface area contributed by atoms with Crippen molar-refractivity contribution in [1.82, 2.24) is 4.90 Å². The van der Waals surface area contributed by atoms with Gasteiger partial charge in [0.2, 0.25) is 0 Å². The fourth-order valence-corrected chi connectivity index (χ4v) is 3.78. The van der Waals surface area contributed by atoms with E-state index in [1.807, 2.05) is 11.8 Å². The number of thioether (sulfide) groups is 1. The normalized spacial score (nSPS) is 21.9. The molecule has 2 N–H and O–H groups in total. The molecule has 5 heteroatoms. The van der Waals surface area contributed by atoms with Crippen molar-refractivity contribution in [3.05, 3.63) is 35.4 Å². The zero-order valence-corrected chi connectivity index (χ0v) is 14.9. The lowest BCUT2D eigenvalue weighted by molar-refractivity contribution is 0.487. The summed E-state index contributed by atoms with van der Waals surface area (Å²) in [7, 11) is 2.05. The Hall–Kier alpha value is -0.430. The van der Waals surface area contributed by atoms with Crippen LogP contribution in [-0.2, 0) is 6.42 Å². The van der Waals surface area contributed by atoms with Crippen LogP contribution in [0, 0.1) is 0 Å². The van der Waals surface area contributed by atoms with E-state index in [9.17, 15) is 0 Å². The van der Waals surface area contributed by atoms with Crippen molar-refractivity contribution < 1.29 is 0 Å². The van der Waals surface area contributed by atoms with Crippen LogP contribution in [0.3, 0.4) is 0 Å². The summed E-state index contributed by atoms with van der Waals surface area (Å²) < 4.78 is 0. The highest BCUT2D eigenvalue weighted by Crippen LogP contribution is 2.36. The highest BCUT2D eigenvalue weighted by atomic mass is 127. The minimum Gasteiger partial charge on any atom is -0.370 e. The van der Waals surface area contributed by atoms with Gasteiger partial charge >= 0.3 is 0 Å². The van der Waals surface area contributed by atoms with Gasteiger partial charge in [-0.15, -0.1) is 24.0 Å². The Labute approximate surface area is 142 Å². The lowest BCUT2D eigenvalue weighted by atomic mass is 10.0. The predicted molar refractivity (Wildman–Crippen MR) is 98.0 cm³/mol. The highest BCUT2D eigenvalue weighted by Gasteiger charge is 2.27. The fourth-order valence-electron chi connectivity index (χ4n) is 2.56. The maximum Gasteiger partial charge on any atom is 0.191 e. The van der Waals surface area contributed by atoms with Gasteiger partial charge in [0.25, 0.3) is 0 Å². The number of guanidine groups is 1. The Morgan fingerprint density at radius 1 is 1.40 bits per heavy atom. The van der Waals surface area contributed by atoms with E-state index < -0.39 is 0 Å². The number of fused-ring (bicyclic) bond motifs is 1. The van der Waals surface area contributed by atoms with Crippen LogP contribution in [-0.4, -0.2) is 36.2 Å². The number of nitrogens with two attached hydrogens (primary N) is 1. The molecule has 1 aliphatic carbocycles. The molecule has 0 amide bonds. The Morgan fingerprint density at radius 3 is 2.90 bits per heavy atom. The van der Waals surface area contributed by atoms with Crippen molar-refractivity contribution in [1.29, 1.82) is 0 Å². The molecule has 1 aromatic rings. The van der Waals surface area contributed by atoms with Crippen LogP contribution in [0.5, 0.6) is 0 Å². The van der Waals surface area contributed by atoms with E-state index >= 15 is 0 Å². The molecule has 1 heterocycles. The Morgan fingerprint density at radius 2 is 2.15 bits per heavy atom. The van der Waals surface area contributed by atoms with Gasteiger partial charge in [-0.25, -0.2) is 0 Å². The van der Waals surface area contributed by atoms with Crippen LogP contribution >= 0.6 is 35.7 Å². The topological polar surface area (TPSA) is 41.6 Å². The molecule has 3 nitrogen and oxygen atoms in total. The number of rotatable bonds is 3. The highest BCUT2D eigenvalue weighted by molar-refractivity contribution is 14.0. The summed E-state index contributed by atoms with van der Waals surface area (Å²) >= 11 is 2.00. The molecular weight excluding hydrogens is 381 g/mol. The van der Waals surface area contributed by atoms with Gasteiger partial charge in [-0.1, -0.05) is 24.3 Å². The van der Waals surface area contributed by atoms with E-state index in [1.54, 1.807) is 0 Å². The minimum absolute atomic E-state index is 0. The van der Waals surface area contributed by atoms with Crippen molar-refractivity contribution in [3.8, 4) is 0 Å². The Kier molecular flexibility index (Phi) is 5.60. The lowest BCUT2D eigenvalue weighted by Crippen LogP contribution is -2.36. The maximum atomic E-state index is 6.06. The first-order valence-electron chi connectivity index (χ1n) is 6.98. The van der Waals surface area contributed by atoms with Gasteiger partial charge in [-0.05, 0) is 36.1 Å². The molecule has 20 heavy (non-hydrogen) atoms. The van der Waals surface area contributed by atoms with Gasteiger partial charge in [-0.2, -0.15) is 11.8 Å². The number of hydrogen-bond donors (Lipinski definition) is 1. The molecule has 0 radical (unpaired) electrons. The summed E-state index contributed by atoms with van der Waals surface area (Å²) in [4.78, 5) is 6.73. The van der Waals surface area contributed by atoms with Crippen molar-refractivity contribution in [2.75, 3.05) is 19.3 Å². The number of aliphatic imine (C=N–C) groups is 1. The van der Waals surface area contributed by atoms with E-state index in [-0.39, 0.29) is 24.0 Å². The monoisotopic (exact) mass is 403 g/mol. The number of benzene rings is 1. The quantitative estimate of drug-likeness (QED) is 0.479. The van der Waals surface area contributed by atoms with Crippen LogP contribution in [0.1, 0.15) is 29.2 Å². The van der Waals surface area contributed by atoms with E-state index in [0.29, 0.717) is 17.3 Å². The molecule has 0 bridgehead atoms. The summed E-state index contributed by atoms with van der Waals surface area (Å²) in [5.41, 5.74) is 8.99. The summed E-state index contributed by atoms with van der Waals surface area (Å²) in [5, 5.41) is 0.469. The van der Waals surface area contributed by atoms with Crippen LogP contribution in [0.4, 0.5) is 0 Å². The third-order valence-corrected chi connectivity index (χ3v) is 5.21. The molecule has 3 rings (SSSR count). The summed E-state index contributed by atoms with van der Waals surface area (Å²) in [5.74, 6) is 1.89. The minimum atomic E-state index is 0. The van der Waals surface area contributed by atoms with Crippen LogP contribution in [0.15, 0.2) is 29.3 Å². The standard InChI is InChI=1S/C15H21N3S.HI/c1-18(12-6-7-12)15(16)17-10-14-13-5-3-2-4-11(13)8-9-19-14;/h2-5,12,14H,6-10H2,1H3,(H2,16,17);1H. The van der Waals surface area contributed by atoms with Crippen molar-refractivity contribution in [3.63, 3.8) is 0 Å². The van der Waals surface area contributed by atoms with E-state index in [4.69, 9.17) is 5.73 Å². The number of aryl methyl sites for hydroxylation is 1. The van der Waals surface area contributed by atoms with Gasteiger partial charge in [0.1, 0.15) is 0 Å². The first kappa shape index (κ1) is 15.9. The maximum absolute atomic E-state index is 6.06. The van der Waals surface area contributed by atoms with Gasteiger partial charge in [0, 0.05) is 18.3 Å². The molecule has 0 saturated heterocycles. The van der Waals surface area contributed by atoms with Crippen molar-refractivity contribution in [2.24, 2.45) is 10.7 Å². The van der Waals surface area contributed by atoms with Gasteiger partial charge in [0.15, 0.2) is 5.96 Å². The van der Waals surface area contributed by atoms with Crippen molar-refractivity contribution >= 4 is 41.7 Å². The number of halogens is 1. The zero-order valence-electron chi connectivity index (χ0n) is 11.8. The third kappa shape index (κ3) is 3.61. The molecule has 0 spiro atoms.